The van der Waals surface area contributed by atoms with Gasteiger partial charge >= 0.3 is 6.01 Å². The predicted molar refractivity (Wildman–Crippen MR) is 119 cm³/mol. The van der Waals surface area contributed by atoms with Gasteiger partial charge in [0.1, 0.15) is 18.5 Å². The number of benzene rings is 1. The van der Waals surface area contributed by atoms with Gasteiger partial charge in [-0.3, -0.25) is 4.79 Å². The molecular weight excluding hydrogens is 443 g/mol. The fourth-order valence-corrected chi connectivity index (χ4v) is 4.01. The third-order valence-electron chi connectivity index (χ3n) is 5.72. The normalized spacial score (nSPS) is 19.1. The number of halogens is 1. The number of aromatic nitrogens is 3. The van der Waals surface area contributed by atoms with Gasteiger partial charge in [0, 0.05) is 42.6 Å². The van der Waals surface area contributed by atoms with Gasteiger partial charge in [-0.05, 0) is 17.7 Å². The zero-order valence-corrected chi connectivity index (χ0v) is 18.5. The Morgan fingerprint density at radius 3 is 2.76 bits per heavy atom. The van der Waals surface area contributed by atoms with Crippen LogP contribution in [0.2, 0.25) is 0 Å². The van der Waals surface area contributed by atoms with Crippen molar-refractivity contribution in [3.05, 3.63) is 59.8 Å². The second-order valence-electron chi connectivity index (χ2n) is 8.04. The van der Waals surface area contributed by atoms with Crippen molar-refractivity contribution in [3.63, 3.8) is 0 Å². The molecule has 176 valence electrons. The van der Waals surface area contributed by atoms with Crippen molar-refractivity contribution < 1.29 is 28.1 Å². The van der Waals surface area contributed by atoms with Crippen LogP contribution in [-0.4, -0.2) is 59.9 Å². The number of nitrogens with one attached hydrogen (secondary N) is 1. The average Bonchev–Trinajstić information content (AvgIpc) is 3.37. The van der Waals surface area contributed by atoms with E-state index in [0.29, 0.717) is 43.1 Å². The molecule has 1 fully saturated rings. The fraction of sp³-hybridized carbons (Fsp3) is 0.333. The Morgan fingerprint density at radius 2 is 2.03 bits per heavy atom. The number of fused-ring (bicyclic) bond motifs is 1. The molecule has 10 heteroatoms. The third-order valence-corrected chi connectivity index (χ3v) is 5.72. The van der Waals surface area contributed by atoms with Gasteiger partial charge in [0.15, 0.2) is 5.82 Å². The topological polar surface area (TPSA) is 105 Å². The van der Waals surface area contributed by atoms with Gasteiger partial charge < -0.3 is 24.3 Å². The van der Waals surface area contributed by atoms with Crippen molar-refractivity contribution in [3.8, 4) is 28.8 Å². The molecule has 0 radical (unpaired) electrons. The van der Waals surface area contributed by atoms with E-state index in [1.807, 2.05) is 18.2 Å². The van der Waals surface area contributed by atoms with Crippen LogP contribution in [-0.2, 0) is 11.2 Å². The highest BCUT2D eigenvalue weighted by atomic mass is 19.1. The van der Waals surface area contributed by atoms with Gasteiger partial charge in [-0.15, -0.1) is 0 Å². The predicted octanol–water partition coefficient (Wildman–Crippen LogP) is 2.59. The Labute approximate surface area is 195 Å². The van der Waals surface area contributed by atoms with Crippen molar-refractivity contribution in [1.82, 2.24) is 20.3 Å². The second kappa shape index (κ2) is 9.60. The highest BCUT2D eigenvalue weighted by molar-refractivity contribution is 5.93. The molecule has 1 amide bonds. The SMILES string of the molecule is COc1ncc(-c2cccc3c2C[C@H](NC(=O)c2cnc(OC4CCOC4)nc2)CO3)cc1F. The maximum atomic E-state index is 14.2. The molecule has 34 heavy (non-hydrogen) atoms. The van der Waals surface area contributed by atoms with Gasteiger partial charge in [-0.25, -0.2) is 19.3 Å². The zero-order valence-electron chi connectivity index (χ0n) is 18.5. The van der Waals surface area contributed by atoms with Crippen molar-refractivity contribution in [2.75, 3.05) is 26.9 Å². The zero-order chi connectivity index (χ0) is 23.5. The van der Waals surface area contributed by atoms with Crippen molar-refractivity contribution in [1.29, 1.82) is 0 Å². The largest absolute Gasteiger partial charge is 0.491 e. The molecule has 9 nitrogen and oxygen atoms in total. The number of nitrogens with zero attached hydrogens (tertiary/aromatic N) is 3. The number of amides is 1. The number of hydrogen-bond donors (Lipinski definition) is 1. The maximum Gasteiger partial charge on any atom is 0.316 e. The molecule has 1 N–H and O–H groups in total. The van der Waals surface area contributed by atoms with Crippen LogP contribution in [0, 0.1) is 5.82 Å². The molecule has 0 bridgehead atoms. The van der Waals surface area contributed by atoms with Crippen LogP contribution in [0.15, 0.2) is 42.9 Å². The van der Waals surface area contributed by atoms with E-state index in [-0.39, 0.29) is 29.9 Å². The summed E-state index contributed by atoms with van der Waals surface area (Å²) in [7, 11) is 1.37. The molecule has 1 unspecified atom stereocenters. The lowest BCUT2D eigenvalue weighted by Gasteiger charge is -2.28. The molecule has 2 aliphatic heterocycles. The molecule has 5 rings (SSSR count). The molecule has 1 saturated heterocycles. The number of methoxy groups -OCH3 is 1. The molecule has 2 aromatic heterocycles. The first kappa shape index (κ1) is 22.0. The van der Waals surface area contributed by atoms with Gasteiger partial charge in [-0.2, -0.15) is 0 Å². The van der Waals surface area contributed by atoms with Crippen LogP contribution in [0.1, 0.15) is 22.3 Å². The van der Waals surface area contributed by atoms with Crippen LogP contribution < -0.4 is 19.5 Å². The smallest absolute Gasteiger partial charge is 0.316 e. The Bertz CT molecular complexity index is 1180. The van der Waals surface area contributed by atoms with E-state index >= 15 is 0 Å². The number of carbonyl (C=O) groups is 1. The molecule has 0 saturated carbocycles. The summed E-state index contributed by atoms with van der Waals surface area (Å²) in [5, 5.41) is 2.96. The number of pyridine rings is 1. The lowest BCUT2D eigenvalue weighted by atomic mass is 9.93. The Balaban J connectivity index is 1.28. The first-order valence-corrected chi connectivity index (χ1v) is 10.9. The lowest BCUT2D eigenvalue weighted by Crippen LogP contribution is -2.43. The molecule has 2 atom stereocenters. The van der Waals surface area contributed by atoms with Crippen molar-refractivity contribution in [2.45, 2.75) is 25.0 Å². The van der Waals surface area contributed by atoms with Crippen LogP contribution in [0.3, 0.4) is 0 Å². The standard InChI is InChI=1S/C24H23FN4O5/c1-31-23-20(25)7-14(9-26-23)18-3-2-4-21-19(18)8-16(12-33-21)29-22(30)15-10-27-24(28-11-15)34-17-5-6-32-13-17/h2-4,7,9-11,16-17H,5-6,8,12-13H2,1H3,(H,29,30)/t16-,17?/m0/s1. The van der Waals surface area contributed by atoms with Crippen molar-refractivity contribution >= 4 is 5.91 Å². The lowest BCUT2D eigenvalue weighted by molar-refractivity contribution is 0.0914. The summed E-state index contributed by atoms with van der Waals surface area (Å²) in [6.07, 6.45) is 5.65. The summed E-state index contributed by atoms with van der Waals surface area (Å²) in [6, 6.07) is 6.87. The maximum absolute atomic E-state index is 14.2. The monoisotopic (exact) mass is 466 g/mol. The van der Waals surface area contributed by atoms with E-state index in [9.17, 15) is 9.18 Å². The number of rotatable bonds is 6. The van der Waals surface area contributed by atoms with Gasteiger partial charge in [0.2, 0.25) is 5.88 Å². The van der Waals surface area contributed by atoms with Gasteiger partial charge in [-0.1, -0.05) is 12.1 Å². The Kier molecular flexibility index (Phi) is 6.22. The molecule has 4 heterocycles. The molecule has 0 spiro atoms. The highest BCUT2D eigenvalue weighted by Crippen LogP contribution is 2.35. The van der Waals surface area contributed by atoms with E-state index in [1.54, 1.807) is 6.20 Å². The minimum Gasteiger partial charge on any atom is -0.491 e. The number of carbonyl (C=O) groups excluding carboxylic acids is 1. The Hall–Kier alpha value is -3.79. The van der Waals surface area contributed by atoms with E-state index in [2.05, 4.69) is 20.3 Å². The van der Waals surface area contributed by atoms with E-state index in [0.717, 1.165) is 17.5 Å². The van der Waals surface area contributed by atoms with E-state index < -0.39 is 5.82 Å². The first-order valence-electron chi connectivity index (χ1n) is 10.9. The molecule has 0 aliphatic carbocycles. The van der Waals surface area contributed by atoms with Crippen LogP contribution in [0.25, 0.3) is 11.1 Å². The summed E-state index contributed by atoms with van der Waals surface area (Å²) < 4.78 is 35.9. The average molecular weight is 466 g/mol. The van der Waals surface area contributed by atoms with Crippen LogP contribution >= 0.6 is 0 Å². The summed E-state index contributed by atoms with van der Waals surface area (Å²) in [6.45, 7) is 1.47. The number of ether oxygens (including phenoxy) is 4. The molecule has 1 aromatic carbocycles. The fourth-order valence-electron chi connectivity index (χ4n) is 4.01. The number of hydrogen-bond acceptors (Lipinski definition) is 8. The first-order chi connectivity index (χ1) is 16.6. The van der Waals surface area contributed by atoms with Gasteiger partial charge in [0.05, 0.1) is 31.9 Å². The minimum atomic E-state index is -0.549. The summed E-state index contributed by atoms with van der Waals surface area (Å²) >= 11 is 0. The molecular formula is C24H23FN4O5. The van der Waals surface area contributed by atoms with E-state index in [1.165, 1.54) is 25.6 Å². The summed E-state index contributed by atoms with van der Waals surface area (Å²) in [4.78, 5) is 25.1. The molecule has 2 aliphatic rings. The third kappa shape index (κ3) is 4.62. The quantitative estimate of drug-likeness (QED) is 0.591. The van der Waals surface area contributed by atoms with Gasteiger partial charge in [0.25, 0.3) is 5.91 Å². The second-order valence-corrected chi connectivity index (χ2v) is 8.04. The molecule has 3 aromatic rings. The van der Waals surface area contributed by atoms with Crippen LogP contribution in [0.5, 0.6) is 17.6 Å². The van der Waals surface area contributed by atoms with Crippen molar-refractivity contribution in [2.24, 2.45) is 0 Å². The van der Waals surface area contributed by atoms with Crippen LogP contribution in [0.4, 0.5) is 4.39 Å². The summed E-state index contributed by atoms with van der Waals surface area (Å²) in [5.74, 6) is -0.236. The van der Waals surface area contributed by atoms with E-state index in [4.69, 9.17) is 18.9 Å². The highest BCUT2D eigenvalue weighted by Gasteiger charge is 2.25. The minimum absolute atomic E-state index is 0.0647. The Morgan fingerprint density at radius 1 is 1.18 bits per heavy atom. The summed E-state index contributed by atoms with van der Waals surface area (Å²) in [5.41, 5.74) is 2.56.